The van der Waals surface area contributed by atoms with Crippen molar-refractivity contribution >= 4 is 0 Å². The fraction of sp³-hybridized carbons (Fsp3) is 0.250. The van der Waals surface area contributed by atoms with Gasteiger partial charge in [-0.05, 0) is 36.7 Å². The summed E-state index contributed by atoms with van der Waals surface area (Å²) in [7, 11) is 1.97. The van der Waals surface area contributed by atoms with Crippen LogP contribution in [0.4, 0.5) is 0 Å². The van der Waals surface area contributed by atoms with Gasteiger partial charge >= 0.3 is 0 Å². The van der Waals surface area contributed by atoms with Gasteiger partial charge in [0.1, 0.15) is 6.07 Å². The minimum absolute atomic E-state index is 0.354. The normalized spacial score (nSPS) is 11.8. The topological polar surface area (TPSA) is 48.7 Å². The molecule has 0 spiro atoms. The second-order valence-corrected chi connectivity index (χ2v) is 4.45. The van der Waals surface area contributed by atoms with Crippen LogP contribution < -0.4 is 5.32 Å². The average Bonchev–Trinajstić information content (AvgIpc) is 2.49. The van der Waals surface area contributed by atoms with E-state index < -0.39 is 0 Å². The lowest BCUT2D eigenvalue weighted by molar-refractivity contribution is 0.577. The number of pyridine rings is 1. The predicted molar refractivity (Wildman–Crippen MR) is 76.5 cm³/mol. The summed E-state index contributed by atoms with van der Waals surface area (Å²) in [5.74, 6) is 0. The second kappa shape index (κ2) is 6.12. The molecule has 0 radical (unpaired) electrons. The molecular formula is C16H17N3. The molecule has 3 heteroatoms. The molecule has 1 aromatic heterocycles. The Kier molecular flexibility index (Phi) is 4.27. The molecule has 1 N–H and O–H groups in total. The zero-order valence-corrected chi connectivity index (χ0v) is 11.2. The van der Waals surface area contributed by atoms with E-state index in [1.54, 1.807) is 12.4 Å². The zero-order chi connectivity index (χ0) is 13.7. The summed E-state index contributed by atoms with van der Waals surface area (Å²) < 4.78 is 0. The van der Waals surface area contributed by atoms with Gasteiger partial charge in [-0.1, -0.05) is 25.1 Å². The fourth-order valence-electron chi connectivity index (χ4n) is 2.20. The molecule has 19 heavy (non-hydrogen) atoms. The van der Waals surface area contributed by atoms with Crippen LogP contribution in [0.5, 0.6) is 0 Å². The molecule has 1 atom stereocenters. The molecule has 0 aliphatic rings. The van der Waals surface area contributed by atoms with Crippen molar-refractivity contribution < 1.29 is 0 Å². The van der Waals surface area contributed by atoms with E-state index in [1.807, 2.05) is 25.2 Å². The van der Waals surface area contributed by atoms with Gasteiger partial charge in [-0.2, -0.15) is 5.26 Å². The lowest BCUT2D eigenvalue weighted by atomic mass is 9.98. The number of nitriles is 1. The third-order valence-corrected chi connectivity index (χ3v) is 3.25. The van der Waals surface area contributed by atoms with Crippen molar-refractivity contribution in [2.75, 3.05) is 7.05 Å². The van der Waals surface area contributed by atoms with Crippen molar-refractivity contribution in [2.45, 2.75) is 19.4 Å². The van der Waals surface area contributed by atoms with Crippen LogP contribution in [-0.2, 0) is 0 Å². The second-order valence-electron chi connectivity index (χ2n) is 4.45. The fourth-order valence-corrected chi connectivity index (χ4v) is 2.20. The molecule has 0 amide bonds. The molecule has 0 saturated carbocycles. The number of benzene rings is 1. The largest absolute Gasteiger partial charge is 0.313 e. The first-order chi connectivity index (χ1) is 9.28. The molecule has 0 bridgehead atoms. The zero-order valence-electron chi connectivity index (χ0n) is 11.2. The van der Waals surface area contributed by atoms with Crippen molar-refractivity contribution in [3.8, 4) is 17.2 Å². The molecule has 0 aliphatic carbocycles. The summed E-state index contributed by atoms with van der Waals surface area (Å²) in [4.78, 5) is 4.11. The number of aromatic nitrogens is 1. The van der Waals surface area contributed by atoms with E-state index in [4.69, 9.17) is 5.26 Å². The Balaban J connectivity index is 2.40. The smallest absolute Gasteiger partial charge is 0.101 e. The van der Waals surface area contributed by atoms with Gasteiger partial charge in [-0.25, -0.2) is 0 Å². The molecule has 1 heterocycles. The summed E-state index contributed by atoms with van der Waals surface area (Å²) in [6.07, 6.45) is 4.41. The first-order valence-electron chi connectivity index (χ1n) is 6.41. The van der Waals surface area contributed by atoms with Crippen molar-refractivity contribution in [3.63, 3.8) is 0 Å². The first-order valence-corrected chi connectivity index (χ1v) is 6.41. The third kappa shape index (κ3) is 2.98. The molecule has 2 aromatic rings. The molecule has 2 rings (SSSR count). The quantitative estimate of drug-likeness (QED) is 0.907. The molecule has 96 valence electrons. The van der Waals surface area contributed by atoms with Gasteiger partial charge in [-0.15, -0.1) is 0 Å². The van der Waals surface area contributed by atoms with Gasteiger partial charge in [0, 0.05) is 24.0 Å². The Bertz CT molecular complexity index is 595. The Labute approximate surface area is 113 Å². The van der Waals surface area contributed by atoms with Crippen LogP contribution in [0.2, 0.25) is 0 Å². The molecule has 1 unspecified atom stereocenters. The van der Waals surface area contributed by atoms with E-state index in [-0.39, 0.29) is 0 Å². The molecule has 0 fully saturated rings. The Morgan fingerprint density at radius 3 is 2.79 bits per heavy atom. The number of nitrogens with zero attached hydrogens (tertiary/aromatic N) is 2. The maximum absolute atomic E-state index is 8.93. The molecule has 3 nitrogen and oxygen atoms in total. The van der Waals surface area contributed by atoms with Gasteiger partial charge in [-0.3, -0.25) is 4.98 Å². The van der Waals surface area contributed by atoms with Crippen LogP contribution in [-0.4, -0.2) is 12.0 Å². The molecule has 0 aliphatic heterocycles. The highest BCUT2D eigenvalue weighted by Crippen LogP contribution is 2.24. The van der Waals surface area contributed by atoms with Crippen molar-refractivity contribution in [1.29, 1.82) is 5.26 Å². The van der Waals surface area contributed by atoms with Gasteiger partial charge in [0.25, 0.3) is 0 Å². The third-order valence-electron chi connectivity index (χ3n) is 3.25. The van der Waals surface area contributed by atoms with Gasteiger partial charge in [0.05, 0.1) is 5.56 Å². The highest BCUT2D eigenvalue weighted by atomic mass is 14.9. The van der Waals surface area contributed by atoms with Gasteiger partial charge in [0.15, 0.2) is 0 Å². The van der Waals surface area contributed by atoms with Crippen molar-refractivity contribution in [3.05, 3.63) is 53.9 Å². The Morgan fingerprint density at radius 2 is 2.11 bits per heavy atom. The highest BCUT2D eigenvalue weighted by Gasteiger charge is 2.08. The lowest BCUT2D eigenvalue weighted by Gasteiger charge is -2.15. The van der Waals surface area contributed by atoms with E-state index in [9.17, 15) is 0 Å². The van der Waals surface area contributed by atoms with Crippen LogP contribution in [0.15, 0.2) is 42.7 Å². The van der Waals surface area contributed by atoms with Crippen LogP contribution in [0.1, 0.15) is 30.5 Å². The van der Waals surface area contributed by atoms with E-state index in [2.05, 4.69) is 35.4 Å². The summed E-state index contributed by atoms with van der Waals surface area (Å²) in [5.41, 5.74) is 3.91. The molecule has 1 aromatic carbocycles. The van der Waals surface area contributed by atoms with Gasteiger partial charge < -0.3 is 5.32 Å². The number of rotatable bonds is 4. The van der Waals surface area contributed by atoms with E-state index in [0.29, 0.717) is 11.6 Å². The molecular weight excluding hydrogens is 234 g/mol. The van der Waals surface area contributed by atoms with E-state index in [0.717, 1.165) is 17.5 Å². The SMILES string of the molecule is CCC(NC)c1cccc(-c2cncc(C#N)c2)c1. The van der Waals surface area contributed by atoms with E-state index in [1.165, 1.54) is 5.56 Å². The Morgan fingerprint density at radius 1 is 1.26 bits per heavy atom. The van der Waals surface area contributed by atoms with E-state index >= 15 is 0 Å². The average molecular weight is 251 g/mol. The summed E-state index contributed by atoms with van der Waals surface area (Å²) in [6.45, 7) is 2.16. The van der Waals surface area contributed by atoms with Crippen LogP contribution in [0.3, 0.4) is 0 Å². The lowest BCUT2D eigenvalue weighted by Crippen LogP contribution is -2.15. The van der Waals surface area contributed by atoms with Crippen molar-refractivity contribution in [2.24, 2.45) is 0 Å². The van der Waals surface area contributed by atoms with Crippen LogP contribution in [0, 0.1) is 11.3 Å². The number of hydrogen-bond acceptors (Lipinski definition) is 3. The van der Waals surface area contributed by atoms with Crippen LogP contribution >= 0.6 is 0 Å². The minimum Gasteiger partial charge on any atom is -0.313 e. The summed E-state index contributed by atoms with van der Waals surface area (Å²) in [6, 6.07) is 12.7. The summed E-state index contributed by atoms with van der Waals surface area (Å²) >= 11 is 0. The minimum atomic E-state index is 0.354. The highest BCUT2D eigenvalue weighted by molar-refractivity contribution is 5.64. The maximum Gasteiger partial charge on any atom is 0.101 e. The Hall–Kier alpha value is -2.18. The molecule has 0 saturated heterocycles. The van der Waals surface area contributed by atoms with Crippen LogP contribution in [0.25, 0.3) is 11.1 Å². The first kappa shape index (κ1) is 13.3. The van der Waals surface area contributed by atoms with Crippen molar-refractivity contribution in [1.82, 2.24) is 10.3 Å². The maximum atomic E-state index is 8.93. The van der Waals surface area contributed by atoms with Gasteiger partial charge in [0.2, 0.25) is 0 Å². The monoisotopic (exact) mass is 251 g/mol. The predicted octanol–water partition coefficient (Wildman–Crippen LogP) is 3.29. The number of nitrogens with one attached hydrogen (secondary N) is 1. The summed E-state index contributed by atoms with van der Waals surface area (Å²) in [5, 5.41) is 12.2. The number of hydrogen-bond donors (Lipinski definition) is 1. The standard InChI is InChI=1S/C16H17N3/c1-3-16(18-2)14-6-4-5-13(8-14)15-7-12(9-17)10-19-11-15/h4-8,10-11,16,18H,3H2,1-2H3.